The van der Waals surface area contributed by atoms with E-state index in [1.54, 1.807) is 42.6 Å². The highest BCUT2D eigenvalue weighted by Crippen LogP contribution is 2.21. The van der Waals surface area contributed by atoms with Crippen LogP contribution in [0.2, 0.25) is 0 Å². The second-order valence-corrected chi connectivity index (χ2v) is 8.14. The average Bonchev–Trinajstić information content (AvgIpc) is 2.63. The maximum atomic E-state index is 12.7. The van der Waals surface area contributed by atoms with Crippen LogP contribution in [0.15, 0.2) is 53.7 Å². The van der Waals surface area contributed by atoms with E-state index in [1.807, 2.05) is 6.92 Å². The Bertz CT molecular complexity index is 828. The zero-order chi connectivity index (χ0) is 17.9. The first-order chi connectivity index (χ1) is 12.0. The number of carbonyl (C=O) groups is 1. The monoisotopic (exact) mass is 359 g/mol. The summed E-state index contributed by atoms with van der Waals surface area (Å²) in [5, 5.41) is 2.95. The molecule has 1 aromatic carbocycles. The SMILES string of the molecule is Cc1ccc(S(=O)(=O)N2CCC(NC(=O)c3cccnc3)CC2)cc1. The Balaban J connectivity index is 1.60. The fourth-order valence-corrected chi connectivity index (χ4v) is 4.34. The Kier molecular flexibility index (Phi) is 5.15. The average molecular weight is 359 g/mol. The van der Waals surface area contributed by atoms with E-state index in [0.29, 0.717) is 36.4 Å². The predicted molar refractivity (Wildman–Crippen MR) is 94.7 cm³/mol. The first kappa shape index (κ1) is 17.6. The van der Waals surface area contributed by atoms with Gasteiger partial charge in [0, 0.05) is 31.5 Å². The van der Waals surface area contributed by atoms with Gasteiger partial charge in [-0.15, -0.1) is 0 Å². The van der Waals surface area contributed by atoms with Crippen molar-refractivity contribution in [3.8, 4) is 0 Å². The fourth-order valence-electron chi connectivity index (χ4n) is 2.87. The van der Waals surface area contributed by atoms with Crippen molar-refractivity contribution in [1.82, 2.24) is 14.6 Å². The van der Waals surface area contributed by atoms with E-state index in [-0.39, 0.29) is 11.9 Å². The molecule has 6 nitrogen and oxygen atoms in total. The number of carbonyl (C=O) groups excluding carboxylic acids is 1. The number of rotatable bonds is 4. The summed E-state index contributed by atoms with van der Waals surface area (Å²) in [6.07, 6.45) is 4.33. The molecule has 25 heavy (non-hydrogen) atoms. The van der Waals surface area contributed by atoms with Crippen molar-refractivity contribution >= 4 is 15.9 Å². The van der Waals surface area contributed by atoms with Crippen molar-refractivity contribution in [2.75, 3.05) is 13.1 Å². The third-order valence-electron chi connectivity index (χ3n) is 4.37. The molecule has 0 spiro atoms. The van der Waals surface area contributed by atoms with Gasteiger partial charge in [0.2, 0.25) is 10.0 Å². The van der Waals surface area contributed by atoms with Crippen LogP contribution in [0.25, 0.3) is 0 Å². The highest BCUT2D eigenvalue weighted by Gasteiger charge is 2.29. The van der Waals surface area contributed by atoms with E-state index >= 15 is 0 Å². The van der Waals surface area contributed by atoms with Crippen LogP contribution in [0.5, 0.6) is 0 Å². The molecule has 1 aromatic heterocycles. The van der Waals surface area contributed by atoms with Gasteiger partial charge in [-0.1, -0.05) is 17.7 Å². The summed E-state index contributed by atoms with van der Waals surface area (Å²) in [6, 6.07) is 10.3. The van der Waals surface area contributed by atoms with E-state index in [2.05, 4.69) is 10.3 Å². The lowest BCUT2D eigenvalue weighted by Gasteiger charge is -2.31. The Labute approximate surface area is 147 Å². The zero-order valence-electron chi connectivity index (χ0n) is 14.1. The van der Waals surface area contributed by atoms with E-state index < -0.39 is 10.0 Å². The molecule has 2 heterocycles. The molecule has 0 bridgehead atoms. The molecule has 1 aliphatic heterocycles. The Morgan fingerprint density at radius 1 is 1.16 bits per heavy atom. The molecule has 132 valence electrons. The van der Waals surface area contributed by atoms with E-state index in [4.69, 9.17) is 0 Å². The molecule has 3 rings (SSSR count). The van der Waals surface area contributed by atoms with Gasteiger partial charge in [0.05, 0.1) is 10.5 Å². The minimum absolute atomic E-state index is 0.0304. The Morgan fingerprint density at radius 2 is 1.84 bits per heavy atom. The van der Waals surface area contributed by atoms with Crippen LogP contribution in [0.3, 0.4) is 0 Å². The normalized spacial score (nSPS) is 16.5. The molecule has 1 aliphatic rings. The van der Waals surface area contributed by atoms with Crippen molar-refractivity contribution in [3.63, 3.8) is 0 Å². The number of sulfonamides is 1. The number of piperidine rings is 1. The summed E-state index contributed by atoms with van der Waals surface area (Å²) < 4.78 is 26.8. The smallest absolute Gasteiger partial charge is 0.253 e. The van der Waals surface area contributed by atoms with Gasteiger partial charge in [0.15, 0.2) is 0 Å². The highest BCUT2D eigenvalue weighted by atomic mass is 32.2. The minimum atomic E-state index is -3.47. The Hall–Kier alpha value is -2.25. The molecule has 0 radical (unpaired) electrons. The topological polar surface area (TPSA) is 79.4 Å². The van der Waals surface area contributed by atoms with Crippen LogP contribution in [0.4, 0.5) is 0 Å². The van der Waals surface area contributed by atoms with Crippen molar-refractivity contribution in [2.45, 2.75) is 30.7 Å². The number of nitrogens with zero attached hydrogens (tertiary/aromatic N) is 2. The first-order valence-corrected chi connectivity index (χ1v) is 9.68. The predicted octanol–water partition coefficient (Wildman–Crippen LogP) is 1.97. The molecule has 0 aliphatic carbocycles. The fraction of sp³-hybridized carbons (Fsp3) is 0.333. The van der Waals surface area contributed by atoms with Gasteiger partial charge in [-0.2, -0.15) is 4.31 Å². The maximum absolute atomic E-state index is 12.7. The van der Waals surface area contributed by atoms with Gasteiger partial charge in [0.25, 0.3) is 5.91 Å². The molecular weight excluding hydrogens is 338 g/mol. The molecule has 2 aromatic rings. The molecular formula is C18H21N3O3S. The van der Waals surface area contributed by atoms with Gasteiger partial charge in [-0.3, -0.25) is 9.78 Å². The number of pyridine rings is 1. The van der Waals surface area contributed by atoms with Crippen molar-refractivity contribution in [1.29, 1.82) is 0 Å². The summed E-state index contributed by atoms with van der Waals surface area (Å²) in [5.74, 6) is -0.173. The number of benzene rings is 1. The molecule has 0 unspecified atom stereocenters. The number of hydrogen-bond acceptors (Lipinski definition) is 4. The van der Waals surface area contributed by atoms with Gasteiger partial charge in [-0.05, 0) is 44.0 Å². The van der Waals surface area contributed by atoms with Crippen LogP contribution in [0, 0.1) is 6.92 Å². The summed E-state index contributed by atoms with van der Waals surface area (Å²) >= 11 is 0. The summed E-state index contributed by atoms with van der Waals surface area (Å²) in [4.78, 5) is 16.4. The minimum Gasteiger partial charge on any atom is -0.349 e. The first-order valence-electron chi connectivity index (χ1n) is 8.24. The lowest BCUT2D eigenvalue weighted by Crippen LogP contribution is -2.46. The van der Waals surface area contributed by atoms with E-state index in [0.717, 1.165) is 5.56 Å². The second kappa shape index (κ2) is 7.33. The van der Waals surface area contributed by atoms with Gasteiger partial charge >= 0.3 is 0 Å². The quantitative estimate of drug-likeness (QED) is 0.905. The molecule has 0 saturated carbocycles. The summed E-state index contributed by atoms with van der Waals surface area (Å²) in [5.41, 5.74) is 1.54. The summed E-state index contributed by atoms with van der Waals surface area (Å²) in [7, 11) is -3.47. The number of nitrogens with one attached hydrogen (secondary N) is 1. The van der Waals surface area contributed by atoms with Crippen molar-refractivity contribution in [2.24, 2.45) is 0 Å². The van der Waals surface area contributed by atoms with Crippen LogP contribution < -0.4 is 5.32 Å². The zero-order valence-corrected chi connectivity index (χ0v) is 14.9. The lowest BCUT2D eigenvalue weighted by atomic mass is 10.1. The van der Waals surface area contributed by atoms with Gasteiger partial charge in [-0.25, -0.2) is 8.42 Å². The molecule has 1 amide bonds. The third kappa shape index (κ3) is 4.05. The standard InChI is InChI=1S/C18H21N3O3S/c1-14-4-6-17(7-5-14)25(23,24)21-11-8-16(9-12-21)20-18(22)15-3-2-10-19-13-15/h2-7,10,13,16H,8-9,11-12H2,1H3,(H,20,22). The van der Waals surface area contributed by atoms with Crippen molar-refractivity contribution in [3.05, 3.63) is 59.9 Å². The van der Waals surface area contributed by atoms with E-state index in [9.17, 15) is 13.2 Å². The van der Waals surface area contributed by atoms with Crippen LogP contribution >= 0.6 is 0 Å². The Morgan fingerprint density at radius 3 is 2.44 bits per heavy atom. The van der Waals surface area contributed by atoms with Gasteiger partial charge < -0.3 is 5.32 Å². The van der Waals surface area contributed by atoms with Crippen LogP contribution in [-0.2, 0) is 10.0 Å². The van der Waals surface area contributed by atoms with Crippen molar-refractivity contribution < 1.29 is 13.2 Å². The number of aryl methyl sites for hydroxylation is 1. The molecule has 1 saturated heterocycles. The van der Waals surface area contributed by atoms with Crippen LogP contribution in [0.1, 0.15) is 28.8 Å². The summed E-state index contributed by atoms with van der Waals surface area (Å²) in [6.45, 7) is 2.72. The van der Waals surface area contributed by atoms with E-state index in [1.165, 1.54) is 10.5 Å². The number of amides is 1. The molecule has 1 N–H and O–H groups in total. The number of aromatic nitrogens is 1. The largest absolute Gasteiger partial charge is 0.349 e. The lowest BCUT2D eigenvalue weighted by molar-refractivity contribution is 0.0923. The van der Waals surface area contributed by atoms with Crippen LogP contribution in [-0.4, -0.2) is 42.7 Å². The molecule has 1 fully saturated rings. The highest BCUT2D eigenvalue weighted by molar-refractivity contribution is 7.89. The van der Waals surface area contributed by atoms with Gasteiger partial charge in [0.1, 0.15) is 0 Å². The molecule has 0 atom stereocenters. The second-order valence-electron chi connectivity index (χ2n) is 6.21. The third-order valence-corrected chi connectivity index (χ3v) is 6.28. The number of hydrogen-bond donors (Lipinski definition) is 1. The molecule has 7 heteroatoms. The maximum Gasteiger partial charge on any atom is 0.253 e.